The molecule has 0 aliphatic heterocycles. The molecule has 0 amide bonds. The van der Waals surface area contributed by atoms with Crippen molar-refractivity contribution in [3.05, 3.63) is 42.4 Å². The zero-order valence-corrected chi connectivity index (χ0v) is 14.7. The summed E-state index contributed by atoms with van der Waals surface area (Å²) in [5.74, 6) is 1.69. The molecule has 1 N–H and O–H groups in total. The van der Waals surface area contributed by atoms with E-state index in [9.17, 15) is 0 Å². The quantitative estimate of drug-likeness (QED) is 0.755. The second kappa shape index (κ2) is 6.86. The molecule has 0 fully saturated rings. The fourth-order valence-corrected chi connectivity index (χ4v) is 2.66. The van der Waals surface area contributed by atoms with E-state index in [1.807, 2.05) is 19.3 Å². The van der Waals surface area contributed by atoms with Gasteiger partial charge < -0.3 is 10.2 Å². The second-order valence-electron chi connectivity index (χ2n) is 6.02. The molecule has 0 bridgehead atoms. The average Bonchev–Trinajstić information content (AvgIpc) is 3.00. The van der Waals surface area contributed by atoms with Gasteiger partial charge in [0.05, 0.1) is 11.6 Å². The van der Waals surface area contributed by atoms with Gasteiger partial charge in [0, 0.05) is 38.8 Å². The van der Waals surface area contributed by atoms with Crippen LogP contribution in [0.5, 0.6) is 0 Å². The van der Waals surface area contributed by atoms with E-state index in [0.717, 1.165) is 35.6 Å². The van der Waals surface area contributed by atoms with Crippen molar-refractivity contribution in [1.82, 2.24) is 19.7 Å². The minimum absolute atomic E-state index is 0.319. The van der Waals surface area contributed by atoms with Crippen molar-refractivity contribution in [3.63, 3.8) is 0 Å². The Labute approximate surface area is 142 Å². The molecule has 3 aromatic rings. The van der Waals surface area contributed by atoms with E-state index in [-0.39, 0.29) is 0 Å². The Balaban J connectivity index is 1.78. The number of hydrogen-bond donors (Lipinski definition) is 1. The molecule has 0 aliphatic carbocycles. The maximum absolute atomic E-state index is 4.64. The van der Waals surface area contributed by atoms with Crippen LogP contribution in [0.25, 0.3) is 11.0 Å². The summed E-state index contributed by atoms with van der Waals surface area (Å²) in [6.07, 6.45) is 2.62. The zero-order chi connectivity index (χ0) is 17.1. The van der Waals surface area contributed by atoms with Gasteiger partial charge >= 0.3 is 0 Å². The fourth-order valence-electron chi connectivity index (χ4n) is 2.66. The molecular weight excluding hydrogens is 300 g/mol. The van der Waals surface area contributed by atoms with E-state index >= 15 is 0 Å². The zero-order valence-electron chi connectivity index (χ0n) is 14.7. The fraction of sp³-hybridized carbons (Fsp3) is 0.389. The van der Waals surface area contributed by atoms with Crippen molar-refractivity contribution < 1.29 is 0 Å². The van der Waals surface area contributed by atoms with Gasteiger partial charge in [-0.3, -0.25) is 4.68 Å². The Kier molecular flexibility index (Phi) is 4.64. The number of nitrogens with one attached hydrogen (secondary N) is 1. The lowest BCUT2D eigenvalue weighted by atomic mass is 10.2. The molecule has 1 unspecified atom stereocenters. The van der Waals surface area contributed by atoms with Gasteiger partial charge in [0.2, 0.25) is 0 Å². The van der Waals surface area contributed by atoms with Gasteiger partial charge in [-0.2, -0.15) is 5.10 Å². The maximum Gasteiger partial charge on any atom is 0.163 e. The van der Waals surface area contributed by atoms with Crippen LogP contribution in [0, 0.1) is 0 Å². The van der Waals surface area contributed by atoms with E-state index in [0.29, 0.717) is 6.04 Å². The SMILES string of the molecule is CCc1nc(NCC(C)N(C)c2ccccc2)c2cnn(C)c2n1. The first-order valence-electron chi connectivity index (χ1n) is 8.30. The molecule has 2 aromatic heterocycles. The van der Waals surface area contributed by atoms with Crippen LogP contribution in [0.1, 0.15) is 19.7 Å². The van der Waals surface area contributed by atoms with Crippen molar-refractivity contribution >= 4 is 22.5 Å². The molecule has 2 heterocycles. The normalized spacial score (nSPS) is 12.3. The first kappa shape index (κ1) is 16.2. The van der Waals surface area contributed by atoms with Crippen molar-refractivity contribution in [2.75, 3.05) is 23.8 Å². The number of hydrogen-bond acceptors (Lipinski definition) is 5. The van der Waals surface area contributed by atoms with Gasteiger partial charge in [0.25, 0.3) is 0 Å². The second-order valence-corrected chi connectivity index (χ2v) is 6.02. The van der Waals surface area contributed by atoms with Crippen LogP contribution in [0.3, 0.4) is 0 Å². The third-order valence-corrected chi connectivity index (χ3v) is 4.34. The number of nitrogens with zero attached hydrogens (tertiary/aromatic N) is 5. The highest BCUT2D eigenvalue weighted by Gasteiger charge is 2.14. The van der Waals surface area contributed by atoms with Crippen molar-refractivity contribution in [2.24, 2.45) is 7.05 Å². The van der Waals surface area contributed by atoms with E-state index in [4.69, 9.17) is 0 Å². The van der Waals surface area contributed by atoms with Gasteiger partial charge in [0.15, 0.2) is 5.65 Å². The van der Waals surface area contributed by atoms with Gasteiger partial charge in [-0.1, -0.05) is 25.1 Å². The summed E-state index contributed by atoms with van der Waals surface area (Å²) in [6.45, 7) is 5.05. The van der Waals surface area contributed by atoms with Crippen LogP contribution in [-0.2, 0) is 13.5 Å². The summed E-state index contributed by atoms with van der Waals surface area (Å²) in [5.41, 5.74) is 2.07. The largest absolute Gasteiger partial charge is 0.370 e. The van der Waals surface area contributed by atoms with E-state index in [1.165, 1.54) is 5.69 Å². The van der Waals surface area contributed by atoms with E-state index in [2.05, 4.69) is 70.4 Å². The average molecular weight is 324 g/mol. The lowest BCUT2D eigenvalue weighted by Crippen LogP contribution is -2.35. The Bertz CT molecular complexity index is 811. The van der Waals surface area contributed by atoms with Gasteiger partial charge in [-0.25, -0.2) is 9.97 Å². The molecule has 6 nitrogen and oxygen atoms in total. The summed E-state index contributed by atoms with van der Waals surface area (Å²) in [4.78, 5) is 11.5. The monoisotopic (exact) mass is 324 g/mol. The maximum atomic E-state index is 4.64. The Hall–Kier alpha value is -2.63. The standard InChI is InChI=1S/C18H24N6/c1-5-16-21-17(15-12-20-24(4)18(15)22-16)19-11-13(2)23(3)14-9-7-6-8-10-14/h6-10,12-13H,5,11H2,1-4H3,(H,19,21,22). The molecule has 0 saturated heterocycles. The molecule has 0 spiro atoms. The van der Waals surface area contributed by atoms with Crippen LogP contribution in [0.4, 0.5) is 11.5 Å². The molecular formula is C18H24N6. The number of aryl methyl sites for hydroxylation is 2. The number of fused-ring (bicyclic) bond motifs is 1. The van der Waals surface area contributed by atoms with Crippen molar-refractivity contribution in [2.45, 2.75) is 26.3 Å². The molecule has 0 saturated carbocycles. The topological polar surface area (TPSA) is 58.9 Å². The highest BCUT2D eigenvalue weighted by Crippen LogP contribution is 2.20. The van der Waals surface area contributed by atoms with E-state index in [1.54, 1.807) is 4.68 Å². The highest BCUT2D eigenvalue weighted by atomic mass is 15.3. The molecule has 3 rings (SSSR count). The number of anilines is 2. The van der Waals surface area contributed by atoms with Crippen LogP contribution in [0.2, 0.25) is 0 Å². The number of rotatable bonds is 6. The minimum Gasteiger partial charge on any atom is -0.370 e. The van der Waals surface area contributed by atoms with Gasteiger partial charge in [-0.05, 0) is 19.1 Å². The molecule has 0 aliphatic rings. The van der Waals surface area contributed by atoms with Crippen LogP contribution >= 0.6 is 0 Å². The third-order valence-electron chi connectivity index (χ3n) is 4.34. The number of likely N-dealkylation sites (N-methyl/N-ethyl adjacent to an activating group) is 1. The number of benzene rings is 1. The summed E-state index contributed by atoms with van der Waals surface area (Å²) in [7, 11) is 4.02. The van der Waals surface area contributed by atoms with Crippen LogP contribution < -0.4 is 10.2 Å². The lowest BCUT2D eigenvalue weighted by Gasteiger charge is -2.27. The Morgan fingerprint density at radius 1 is 1.21 bits per heavy atom. The minimum atomic E-state index is 0.319. The van der Waals surface area contributed by atoms with Crippen LogP contribution in [-0.4, -0.2) is 39.4 Å². The summed E-state index contributed by atoms with van der Waals surface area (Å²) < 4.78 is 1.79. The molecule has 1 aromatic carbocycles. The predicted molar refractivity (Wildman–Crippen MR) is 98.5 cm³/mol. The van der Waals surface area contributed by atoms with Crippen molar-refractivity contribution in [3.8, 4) is 0 Å². The van der Waals surface area contributed by atoms with Gasteiger partial charge in [-0.15, -0.1) is 0 Å². The lowest BCUT2D eigenvalue weighted by molar-refractivity contribution is 0.714. The molecule has 24 heavy (non-hydrogen) atoms. The first-order chi connectivity index (χ1) is 11.6. The summed E-state index contributed by atoms with van der Waals surface area (Å²) >= 11 is 0. The van der Waals surface area contributed by atoms with Crippen LogP contribution in [0.15, 0.2) is 36.5 Å². The van der Waals surface area contributed by atoms with E-state index < -0.39 is 0 Å². The molecule has 0 radical (unpaired) electrons. The summed E-state index contributed by atoms with van der Waals surface area (Å²) in [5, 5.41) is 8.75. The summed E-state index contributed by atoms with van der Waals surface area (Å²) in [6, 6.07) is 10.7. The first-order valence-corrected chi connectivity index (χ1v) is 8.30. The van der Waals surface area contributed by atoms with Crippen molar-refractivity contribution in [1.29, 1.82) is 0 Å². The number of para-hydroxylation sites is 1. The molecule has 126 valence electrons. The highest BCUT2D eigenvalue weighted by molar-refractivity contribution is 5.86. The predicted octanol–water partition coefficient (Wildman–Crippen LogP) is 2.86. The number of aromatic nitrogens is 4. The smallest absolute Gasteiger partial charge is 0.163 e. The third kappa shape index (κ3) is 3.18. The van der Waals surface area contributed by atoms with Gasteiger partial charge in [0.1, 0.15) is 11.6 Å². The Morgan fingerprint density at radius 2 is 1.96 bits per heavy atom. The Morgan fingerprint density at radius 3 is 2.67 bits per heavy atom. The molecule has 1 atom stereocenters. The molecule has 6 heteroatoms.